The highest BCUT2D eigenvalue weighted by atomic mass is 16.7. The molecule has 1 saturated carbocycles. The van der Waals surface area contributed by atoms with Gasteiger partial charge in [0.05, 0.1) is 5.52 Å². The quantitative estimate of drug-likeness (QED) is 0.542. The Morgan fingerprint density at radius 2 is 1.68 bits per heavy atom. The first kappa shape index (κ1) is 14.8. The molecule has 2 fully saturated rings. The summed E-state index contributed by atoms with van der Waals surface area (Å²) >= 11 is 0. The van der Waals surface area contributed by atoms with E-state index in [2.05, 4.69) is 10.3 Å². The number of ether oxygens (including phenoxy) is 1. The molecule has 2 aromatic carbocycles. The molecule has 1 aromatic heterocycles. The minimum Gasteiger partial charge on any atom is -0.332 e. The summed E-state index contributed by atoms with van der Waals surface area (Å²) in [4.78, 5) is 13.5. The van der Waals surface area contributed by atoms with E-state index in [9.17, 15) is 4.79 Å². The van der Waals surface area contributed by atoms with Crippen molar-refractivity contribution in [1.29, 1.82) is 0 Å². The van der Waals surface area contributed by atoms with Gasteiger partial charge in [0.2, 0.25) is 5.78 Å². The first-order chi connectivity index (χ1) is 12.3. The molecule has 0 radical (unpaired) electrons. The third kappa shape index (κ3) is 1.96. The maximum Gasteiger partial charge on any atom is 0.256 e. The van der Waals surface area contributed by atoms with Crippen LogP contribution in [0, 0.1) is 0 Å². The Kier molecular flexibility index (Phi) is 3.09. The largest absolute Gasteiger partial charge is 0.332 e. The summed E-state index contributed by atoms with van der Waals surface area (Å²) in [6, 6.07) is 17.1. The number of hydrogen-bond donors (Lipinski definition) is 0. The molecule has 1 unspecified atom stereocenters. The molecule has 1 aliphatic heterocycles. The van der Waals surface area contributed by atoms with Crippen molar-refractivity contribution in [3.63, 3.8) is 0 Å². The average Bonchev–Trinajstić information content (AvgIpc) is 3.10. The molecule has 126 valence electrons. The van der Waals surface area contributed by atoms with Crippen molar-refractivity contribution >= 4 is 16.8 Å². The van der Waals surface area contributed by atoms with Gasteiger partial charge < -0.3 is 4.74 Å². The van der Waals surface area contributed by atoms with Crippen LogP contribution in [0.25, 0.3) is 11.0 Å². The van der Waals surface area contributed by atoms with Crippen molar-refractivity contribution in [3.05, 3.63) is 60.2 Å². The number of carbonyl (C=O) groups excluding carboxylic acids is 1. The average molecular weight is 333 g/mol. The fourth-order valence-corrected chi connectivity index (χ4v) is 4.29. The fraction of sp³-hybridized carbons (Fsp3) is 0.350. The van der Waals surface area contributed by atoms with Gasteiger partial charge in [0, 0.05) is 5.56 Å². The molecule has 5 heteroatoms. The molecule has 1 spiro atoms. The zero-order valence-electron chi connectivity index (χ0n) is 13.9. The zero-order chi connectivity index (χ0) is 16.9. The SMILES string of the molecule is O=C(c1ccccc1)C1(n2nnc3ccccc32)OC12CCCCC2. The number of para-hydroxylation sites is 1. The van der Waals surface area contributed by atoms with Crippen LogP contribution in [0.4, 0.5) is 0 Å². The van der Waals surface area contributed by atoms with Gasteiger partial charge in [-0.05, 0) is 25.0 Å². The van der Waals surface area contributed by atoms with Gasteiger partial charge in [0.1, 0.15) is 11.1 Å². The number of aromatic nitrogens is 3. The van der Waals surface area contributed by atoms with Crippen LogP contribution in [0.3, 0.4) is 0 Å². The smallest absolute Gasteiger partial charge is 0.256 e. The summed E-state index contributed by atoms with van der Waals surface area (Å²) in [5.41, 5.74) is 0.766. The van der Waals surface area contributed by atoms with E-state index < -0.39 is 11.3 Å². The Morgan fingerprint density at radius 1 is 0.960 bits per heavy atom. The molecule has 1 aliphatic carbocycles. The molecule has 0 amide bonds. The molecule has 5 nitrogen and oxygen atoms in total. The van der Waals surface area contributed by atoms with E-state index in [0.717, 1.165) is 36.7 Å². The Bertz CT molecular complexity index is 944. The Balaban J connectivity index is 1.69. The molecule has 1 saturated heterocycles. The molecule has 25 heavy (non-hydrogen) atoms. The number of rotatable bonds is 3. The number of hydrogen-bond acceptors (Lipinski definition) is 4. The van der Waals surface area contributed by atoms with Crippen molar-refractivity contribution in [2.75, 3.05) is 0 Å². The number of Topliss-reactive ketones (excluding diaryl/α,β-unsaturated/α-hetero) is 1. The first-order valence-corrected chi connectivity index (χ1v) is 8.88. The molecular formula is C20H19N3O2. The van der Waals surface area contributed by atoms with E-state index in [0.29, 0.717) is 5.56 Å². The van der Waals surface area contributed by atoms with E-state index in [-0.39, 0.29) is 5.78 Å². The van der Waals surface area contributed by atoms with Gasteiger partial charge in [-0.2, -0.15) is 0 Å². The molecule has 0 N–H and O–H groups in total. The third-order valence-corrected chi connectivity index (χ3v) is 5.57. The van der Waals surface area contributed by atoms with E-state index in [4.69, 9.17) is 4.74 Å². The molecule has 2 aliphatic rings. The Morgan fingerprint density at radius 3 is 2.48 bits per heavy atom. The van der Waals surface area contributed by atoms with Gasteiger partial charge in [0.15, 0.2) is 0 Å². The summed E-state index contributed by atoms with van der Waals surface area (Å²) in [5, 5.41) is 8.61. The normalized spacial score (nSPS) is 24.5. The standard InChI is InChI=1S/C20H19N3O2/c24-18(15-9-3-1-4-10-15)20(19(25-20)13-7-2-8-14-19)23-17-12-6-5-11-16(17)21-22-23/h1,3-6,9-12H,2,7-8,13-14H2. The highest BCUT2D eigenvalue weighted by Gasteiger charge is 2.76. The van der Waals surface area contributed by atoms with Gasteiger partial charge in [0.25, 0.3) is 5.72 Å². The second kappa shape index (κ2) is 5.23. The van der Waals surface area contributed by atoms with Crippen LogP contribution in [-0.4, -0.2) is 26.4 Å². The summed E-state index contributed by atoms with van der Waals surface area (Å²) in [5.74, 6) is -0.0225. The van der Waals surface area contributed by atoms with Crippen molar-refractivity contribution in [3.8, 4) is 0 Å². The van der Waals surface area contributed by atoms with Crippen LogP contribution < -0.4 is 0 Å². The molecule has 1 atom stereocenters. The lowest BCUT2D eigenvalue weighted by molar-refractivity contribution is 0.0770. The lowest BCUT2D eigenvalue weighted by atomic mass is 9.81. The lowest BCUT2D eigenvalue weighted by Crippen LogP contribution is -2.39. The summed E-state index contributed by atoms with van der Waals surface area (Å²) in [6.45, 7) is 0. The molecule has 5 rings (SSSR count). The second-order valence-electron chi connectivity index (χ2n) is 6.99. The number of fused-ring (bicyclic) bond motifs is 1. The number of nitrogens with zero attached hydrogens (tertiary/aromatic N) is 3. The number of benzene rings is 2. The Hall–Kier alpha value is -2.53. The molecule has 3 aromatic rings. The van der Waals surface area contributed by atoms with Crippen LogP contribution in [0.15, 0.2) is 54.6 Å². The predicted octanol–water partition coefficient (Wildman–Crippen LogP) is 3.70. The maximum atomic E-state index is 13.5. The first-order valence-electron chi connectivity index (χ1n) is 8.88. The highest BCUT2D eigenvalue weighted by molar-refractivity contribution is 6.04. The predicted molar refractivity (Wildman–Crippen MR) is 93.2 cm³/mol. The molecular weight excluding hydrogens is 314 g/mol. The van der Waals surface area contributed by atoms with E-state index in [1.165, 1.54) is 6.42 Å². The van der Waals surface area contributed by atoms with Gasteiger partial charge in [-0.15, -0.1) is 5.10 Å². The zero-order valence-corrected chi connectivity index (χ0v) is 13.9. The fourth-order valence-electron chi connectivity index (χ4n) is 4.29. The number of carbonyl (C=O) groups is 1. The van der Waals surface area contributed by atoms with Crippen LogP contribution in [-0.2, 0) is 10.5 Å². The molecule has 0 bridgehead atoms. The monoisotopic (exact) mass is 333 g/mol. The summed E-state index contributed by atoms with van der Waals surface area (Å²) in [6.07, 6.45) is 5.13. The van der Waals surface area contributed by atoms with E-state index in [1.54, 1.807) is 4.68 Å². The van der Waals surface area contributed by atoms with Crippen molar-refractivity contribution < 1.29 is 9.53 Å². The summed E-state index contributed by atoms with van der Waals surface area (Å²) < 4.78 is 8.04. The van der Waals surface area contributed by atoms with Gasteiger partial charge in [-0.1, -0.05) is 66.9 Å². The van der Waals surface area contributed by atoms with Crippen LogP contribution in [0.2, 0.25) is 0 Å². The minimum absolute atomic E-state index is 0.0225. The number of epoxide rings is 1. The van der Waals surface area contributed by atoms with E-state index in [1.807, 2.05) is 54.6 Å². The summed E-state index contributed by atoms with van der Waals surface area (Å²) in [7, 11) is 0. The van der Waals surface area contributed by atoms with Gasteiger partial charge >= 0.3 is 0 Å². The van der Waals surface area contributed by atoms with Crippen LogP contribution in [0.5, 0.6) is 0 Å². The number of ketones is 1. The van der Waals surface area contributed by atoms with Gasteiger partial charge in [-0.25, -0.2) is 4.68 Å². The topological polar surface area (TPSA) is 60.3 Å². The van der Waals surface area contributed by atoms with Crippen molar-refractivity contribution in [2.45, 2.75) is 43.4 Å². The maximum absolute atomic E-state index is 13.5. The minimum atomic E-state index is -1.06. The Labute approximate surface area is 145 Å². The lowest BCUT2D eigenvalue weighted by Gasteiger charge is -2.23. The van der Waals surface area contributed by atoms with Crippen LogP contribution >= 0.6 is 0 Å². The van der Waals surface area contributed by atoms with Gasteiger partial charge in [-0.3, -0.25) is 4.79 Å². The second-order valence-corrected chi connectivity index (χ2v) is 6.99. The van der Waals surface area contributed by atoms with Crippen molar-refractivity contribution in [1.82, 2.24) is 15.0 Å². The van der Waals surface area contributed by atoms with Crippen LogP contribution in [0.1, 0.15) is 42.5 Å². The van der Waals surface area contributed by atoms with E-state index >= 15 is 0 Å². The molecule has 2 heterocycles. The van der Waals surface area contributed by atoms with Crippen molar-refractivity contribution in [2.24, 2.45) is 0 Å². The highest BCUT2D eigenvalue weighted by Crippen LogP contribution is 2.61. The third-order valence-electron chi connectivity index (χ3n) is 5.57.